The van der Waals surface area contributed by atoms with Gasteiger partial charge in [0, 0.05) is 13.2 Å². The highest BCUT2D eigenvalue weighted by Crippen LogP contribution is 2.25. The van der Waals surface area contributed by atoms with Crippen molar-refractivity contribution in [2.75, 3.05) is 6.61 Å². The van der Waals surface area contributed by atoms with Crippen LogP contribution in [0.15, 0.2) is 24.3 Å². The van der Waals surface area contributed by atoms with Crippen LogP contribution in [0, 0.1) is 0 Å². The highest BCUT2D eigenvalue weighted by atomic mass is 16.5. The average Bonchev–Trinajstić information content (AvgIpc) is 2.77. The zero-order valence-electron chi connectivity index (χ0n) is 12.1. The number of carbonyl (C=O) groups excluding carboxylic acids is 1. The van der Waals surface area contributed by atoms with E-state index in [-0.39, 0.29) is 23.6 Å². The molecule has 108 valence electrons. The Labute approximate surface area is 119 Å². The zero-order chi connectivity index (χ0) is 14.2. The second-order valence-corrected chi connectivity index (χ2v) is 6.08. The van der Waals surface area contributed by atoms with Crippen LogP contribution in [0.2, 0.25) is 0 Å². The lowest BCUT2D eigenvalue weighted by atomic mass is 9.92. The predicted molar refractivity (Wildman–Crippen MR) is 77.4 cm³/mol. The van der Waals surface area contributed by atoms with E-state index in [9.17, 15) is 4.79 Å². The molecule has 0 aromatic heterocycles. The number of amides is 1. The summed E-state index contributed by atoms with van der Waals surface area (Å²) in [5.41, 5.74) is 2.32. The third-order valence-corrected chi connectivity index (χ3v) is 4.69. The molecule has 4 heteroatoms. The maximum atomic E-state index is 12.5. The fourth-order valence-corrected chi connectivity index (χ4v) is 3.01. The summed E-state index contributed by atoms with van der Waals surface area (Å²) < 4.78 is 5.58. The van der Waals surface area contributed by atoms with E-state index in [2.05, 4.69) is 29.7 Å². The molecule has 2 heterocycles. The number of carbonyl (C=O) groups is 1. The lowest BCUT2D eigenvalue weighted by Crippen LogP contribution is -2.57. The summed E-state index contributed by atoms with van der Waals surface area (Å²) in [7, 11) is 0. The molecule has 2 aliphatic rings. The Morgan fingerprint density at radius 2 is 2.15 bits per heavy atom. The lowest BCUT2D eigenvalue weighted by molar-refractivity contribution is -0.125. The van der Waals surface area contributed by atoms with E-state index in [1.54, 1.807) is 0 Å². The first-order valence-electron chi connectivity index (χ1n) is 7.32. The minimum absolute atomic E-state index is 0.0716. The van der Waals surface area contributed by atoms with Crippen LogP contribution in [-0.4, -0.2) is 30.2 Å². The molecular formula is C16H22N2O2. The van der Waals surface area contributed by atoms with E-state index in [4.69, 9.17) is 4.74 Å². The summed E-state index contributed by atoms with van der Waals surface area (Å²) in [4.78, 5) is 12.5. The van der Waals surface area contributed by atoms with Gasteiger partial charge in [0.2, 0.25) is 5.91 Å². The lowest BCUT2D eigenvalue weighted by Gasteiger charge is -2.33. The van der Waals surface area contributed by atoms with Crippen molar-refractivity contribution in [2.24, 2.45) is 0 Å². The molecule has 0 spiro atoms. The van der Waals surface area contributed by atoms with Gasteiger partial charge in [-0.15, -0.1) is 0 Å². The molecule has 3 rings (SSSR count). The van der Waals surface area contributed by atoms with E-state index in [0.29, 0.717) is 0 Å². The van der Waals surface area contributed by atoms with Gasteiger partial charge in [-0.25, -0.2) is 0 Å². The first kappa shape index (κ1) is 13.6. The van der Waals surface area contributed by atoms with Crippen molar-refractivity contribution in [1.29, 1.82) is 0 Å². The minimum atomic E-state index is -0.240. The predicted octanol–water partition coefficient (Wildman–Crippen LogP) is 1.38. The first-order chi connectivity index (χ1) is 9.58. The van der Waals surface area contributed by atoms with Gasteiger partial charge in [0.1, 0.15) is 0 Å². The van der Waals surface area contributed by atoms with Gasteiger partial charge in [0.25, 0.3) is 0 Å². The van der Waals surface area contributed by atoms with Gasteiger partial charge in [-0.3, -0.25) is 4.79 Å². The molecule has 1 aromatic carbocycles. The largest absolute Gasteiger partial charge is 0.376 e. The summed E-state index contributed by atoms with van der Waals surface area (Å²) in [6.45, 7) is 5.58. The van der Waals surface area contributed by atoms with Crippen LogP contribution in [-0.2, 0) is 22.5 Å². The van der Waals surface area contributed by atoms with Crippen molar-refractivity contribution >= 4 is 5.91 Å². The molecule has 0 saturated carbocycles. The SMILES string of the molecule is CC1OCCC1(C)NC(=O)[C@H]1Cc2ccccc2CN1. The molecule has 2 unspecified atom stereocenters. The second kappa shape index (κ2) is 5.19. The number of nitrogens with one attached hydrogen (secondary N) is 2. The van der Waals surface area contributed by atoms with Crippen LogP contribution in [0.25, 0.3) is 0 Å². The highest BCUT2D eigenvalue weighted by molar-refractivity contribution is 5.83. The average molecular weight is 274 g/mol. The molecular weight excluding hydrogens is 252 g/mol. The molecule has 2 N–H and O–H groups in total. The molecule has 4 nitrogen and oxygen atoms in total. The standard InChI is InChI=1S/C16H22N2O2/c1-11-16(2,7-8-20-11)18-15(19)14-9-12-5-3-4-6-13(12)10-17-14/h3-6,11,14,17H,7-10H2,1-2H3,(H,18,19)/t11?,14-,16?/m1/s1. The van der Waals surface area contributed by atoms with Gasteiger partial charge >= 0.3 is 0 Å². The topological polar surface area (TPSA) is 50.4 Å². The first-order valence-corrected chi connectivity index (χ1v) is 7.32. The maximum absolute atomic E-state index is 12.5. The summed E-state index contributed by atoms with van der Waals surface area (Å²) in [5, 5.41) is 6.51. The summed E-state index contributed by atoms with van der Waals surface area (Å²) >= 11 is 0. The number of rotatable bonds is 2. The van der Waals surface area contributed by atoms with E-state index in [0.717, 1.165) is 26.0 Å². The van der Waals surface area contributed by atoms with Crippen LogP contribution in [0.4, 0.5) is 0 Å². The molecule has 1 amide bonds. The van der Waals surface area contributed by atoms with Crippen molar-refractivity contribution in [2.45, 2.75) is 50.9 Å². The number of ether oxygens (including phenoxy) is 1. The molecule has 1 saturated heterocycles. The normalized spacial score (nSPS) is 32.7. The van der Waals surface area contributed by atoms with E-state index in [1.807, 2.05) is 19.1 Å². The van der Waals surface area contributed by atoms with Crippen molar-refractivity contribution in [1.82, 2.24) is 10.6 Å². The smallest absolute Gasteiger partial charge is 0.238 e. The van der Waals surface area contributed by atoms with Gasteiger partial charge in [-0.2, -0.15) is 0 Å². The Hall–Kier alpha value is -1.39. The summed E-state index contributed by atoms with van der Waals surface area (Å²) in [6, 6.07) is 8.16. The van der Waals surface area contributed by atoms with Crippen molar-refractivity contribution in [3.05, 3.63) is 35.4 Å². The fraction of sp³-hybridized carbons (Fsp3) is 0.562. The van der Waals surface area contributed by atoms with Gasteiger partial charge in [-0.1, -0.05) is 24.3 Å². The molecule has 0 radical (unpaired) electrons. The molecule has 0 bridgehead atoms. The van der Waals surface area contributed by atoms with Crippen LogP contribution in [0.5, 0.6) is 0 Å². The molecule has 3 atom stereocenters. The number of fused-ring (bicyclic) bond motifs is 1. The zero-order valence-corrected chi connectivity index (χ0v) is 12.1. The molecule has 1 fully saturated rings. The van der Waals surface area contributed by atoms with Crippen LogP contribution in [0.1, 0.15) is 31.4 Å². The number of benzene rings is 1. The van der Waals surface area contributed by atoms with Gasteiger partial charge in [0.15, 0.2) is 0 Å². The maximum Gasteiger partial charge on any atom is 0.238 e. The highest BCUT2D eigenvalue weighted by Gasteiger charge is 2.39. The summed E-state index contributed by atoms with van der Waals surface area (Å²) in [6.07, 6.45) is 1.71. The monoisotopic (exact) mass is 274 g/mol. The van der Waals surface area contributed by atoms with E-state index >= 15 is 0 Å². The van der Waals surface area contributed by atoms with E-state index < -0.39 is 0 Å². The molecule has 0 aliphatic carbocycles. The Kier molecular flexibility index (Phi) is 3.52. The minimum Gasteiger partial charge on any atom is -0.376 e. The molecule has 20 heavy (non-hydrogen) atoms. The quantitative estimate of drug-likeness (QED) is 0.857. The Bertz CT molecular complexity index is 517. The van der Waals surface area contributed by atoms with Crippen molar-refractivity contribution < 1.29 is 9.53 Å². The Morgan fingerprint density at radius 1 is 1.40 bits per heavy atom. The second-order valence-electron chi connectivity index (χ2n) is 6.08. The van der Waals surface area contributed by atoms with Crippen LogP contribution in [0.3, 0.4) is 0 Å². The van der Waals surface area contributed by atoms with Crippen molar-refractivity contribution in [3.8, 4) is 0 Å². The fourth-order valence-electron chi connectivity index (χ4n) is 3.01. The van der Waals surface area contributed by atoms with Gasteiger partial charge in [0.05, 0.1) is 17.7 Å². The molecule has 2 aliphatic heterocycles. The number of hydrogen-bond donors (Lipinski definition) is 2. The number of hydrogen-bond acceptors (Lipinski definition) is 3. The van der Waals surface area contributed by atoms with Crippen molar-refractivity contribution in [3.63, 3.8) is 0 Å². The van der Waals surface area contributed by atoms with Gasteiger partial charge in [-0.05, 0) is 37.8 Å². The van der Waals surface area contributed by atoms with Gasteiger partial charge < -0.3 is 15.4 Å². The van der Waals surface area contributed by atoms with E-state index in [1.165, 1.54) is 11.1 Å². The van der Waals surface area contributed by atoms with Crippen LogP contribution >= 0.6 is 0 Å². The van der Waals surface area contributed by atoms with Crippen LogP contribution < -0.4 is 10.6 Å². The Balaban J connectivity index is 1.67. The Morgan fingerprint density at radius 3 is 2.85 bits per heavy atom. The summed E-state index contributed by atoms with van der Waals surface area (Å²) in [5.74, 6) is 0.0827. The molecule has 1 aromatic rings. The third-order valence-electron chi connectivity index (χ3n) is 4.69. The third kappa shape index (κ3) is 2.45.